The predicted molar refractivity (Wildman–Crippen MR) is 98.5 cm³/mol. The van der Waals surface area contributed by atoms with Crippen molar-refractivity contribution in [3.8, 4) is 5.75 Å². The summed E-state index contributed by atoms with van der Waals surface area (Å²) >= 11 is 1.68. The lowest BCUT2D eigenvalue weighted by Crippen LogP contribution is -2.42. The van der Waals surface area contributed by atoms with Gasteiger partial charge < -0.3 is 15.8 Å². The topological polar surface area (TPSA) is 77.2 Å². The summed E-state index contributed by atoms with van der Waals surface area (Å²) in [5.41, 5.74) is 6.62. The minimum atomic E-state index is -0.452. The zero-order valence-corrected chi connectivity index (χ0v) is 14.7. The molecule has 3 N–H and O–H groups in total. The lowest BCUT2D eigenvalue weighted by atomic mass is 10.2. The van der Waals surface area contributed by atoms with Crippen molar-refractivity contribution in [2.24, 2.45) is 5.73 Å². The summed E-state index contributed by atoms with van der Waals surface area (Å²) < 4.78 is 5.71. The normalized spacial score (nSPS) is 11.6. The van der Waals surface area contributed by atoms with Crippen LogP contribution in [0.3, 0.4) is 0 Å². The Balaban J connectivity index is 0.00000264. The fourth-order valence-electron chi connectivity index (χ4n) is 2.03. The minimum absolute atomic E-state index is 0. The van der Waals surface area contributed by atoms with Crippen molar-refractivity contribution in [3.63, 3.8) is 0 Å². The second-order valence-corrected chi connectivity index (χ2v) is 5.84. The maximum absolute atomic E-state index is 11.8. The molecule has 0 saturated heterocycles. The Kier molecular flexibility index (Phi) is 8.76. The Morgan fingerprint density at radius 3 is 2.96 bits per heavy atom. The van der Waals surface area contributed by atoms with Gasteiger partial charge in [0.25, 0.3) is 0 Å². The molecule has 1 amide bonds. The van der Waals surface area contributed by atoms with Gasteiger partial charge in [-0.15, -0.1) is 12.4 Å². The maximum atomic E-state index is 11.8. The second-order valence-electron chi connectivity index (χ2n) is 4.86. The van der Waals surface area contributed by atoms with Crippen LogP contribution >= 0.6 is 24.2 Å². The van der Waals surface area contributed by atoms with E-state index < -0.39 is 6.04 Å². The molecule has 1 aromatic heterocycles. The first-order valence-electron chi connectivity index (χ1n) is 7.21. The molecule has 0 radical (unpaired) electrons. The number of aromatic nitrogens is 1. The van der Waals surface area contributed by atoms with Crippen molar-refractivity contribution in [3.05, 3.63) is 36.5 Å². The Labute approximate surface area is 146 Å². The van der Waals surface area contributed by atoms with Gasteiger partial charge in [-0.1, -0.05) is 18.2 Å². The van der Waals surface area contributed by atoms with Crippen molar-refractivity contribution < 1.29 is 9.53 Å². The fraction of sp³-hybridized carbons (Fsp3) is 0.375. The van der Waals surface area contributed by atoms with E-state index in [9.17, 15) is 4.79 Å². The molecule has 2 rings (SSSR count). The second kappa shape index (κ2) is 10.3. The number of nitrogens with two attached hydrogens (primary N) is 1. The number of hydrogen-bond acceptors (Lipinski definition) is 5. The zero-order chi connectivity index (χ0) is 15.8. The number of halogens is 1. The summed E-state index contributed by atoms with van der Waals surface area (Å²) in [6.07, 6.45) is 4.42. The van der Waals surface area contributed by atoms with Gasteiger partial charge in [0.1, 0.15) is 17.9 Å². The van der Waals surface area contributed by atoms with E-state index in [0.717, 1.165) is 22.4 Å². The first kappa shape index (κ1) is 19.5. The number of hydrogen-bond donors (Lipinski definition) is 2. The first-order valence-corrected chi connectivity index (χ1v) is 8.60. The van der Waals surface area contributed by atoms with Crippen LogP contribution in [0.4, 0.5) is 0 Å². The van der Waals surface area contributed by atoms with E-state index in [2.05, 4.69) is 10.3 Å². The van der Waals surface area contributed by atoms with Crippen molar-refractivity contribution in [2.45, 2.75) is 12.5 Å². The number of para-hydroxylation sites is 1. The zero-order valence-electron chi connectivity index (χ0n) is 13.0. The number of ether oxygens (including phenoxy) is 1. The van der Waals surface area contributed by atoms with Crippen molar-refractivity contribution in [1.82, 2.24) is 10.3 Å². The largest absolute Gasteiger partial charge is 0.489 e. The van der Waals surface area contributed by atoms with E-state index in [-0.39, 0.29) is 18.3 Å². The van der Waals surface area contributed by atoms with Crippen LogP contribution in [0.5, 0.6) is 5.75 Å². The molecule has 7 heteroatoms. The number of benzene rings is 1. The lowest BCUT2D eigenvalue weighted by Gasteiger charge is -2.12. The van der Waals surface area contributed by atoms with Gasteiger partial charge >= 0.3 is 0 Å². The highest BCUT2D eigenvalue weighted by atomic mass is 35.5. The molecule has 0 spiro atoms. The summed E-state index contributed by atoms with van der Waals surface area (Å²) in [4.78, 5) is 16.1. The molecular formula is C16H22ClN3O2S. The number of rotatable bonds is 8. The van der Waals surface area contributed by atoms with Gasteiger partial charge in [0.05, 0.1) is 12.6 Å². The third-order valence-corrected chi connectivity index (χ3v) is 3.87. The van der Waals surface area contributed by atoms with Gasteiger partial charge in [0.15, 0.2) is 0 Å². The van der Waals surface area contributed by atoms with Crippen LogP contribution in [-0.4, -0.2) is 42.1 Å². The SMILES string of the molecule is CSCC[C@H](N)C(=O)NCCOc1cccc2cccnc12.Cl. The summed E-state index contributed by atoms with van der Waals surface area (Å²) in [7, 11) is 0. The third kappa shape index (κ3) is 5.89. The fourth-order valence-corrected chi connectivity index (χ4v) is 2.52. The van der Waals surface area contributed by atoms with Crippen LogP contribution < -0.4 is 15.8 Å². The van der Waals surface area contributed by atoms with Gasteiger partial charge in [-0.3, -0.25) is 9.78 Å². The standard InChI is InChI=1S/C16H21N3O2S.ClH/c1-22-11-7-13(17)16(20)19-9-10-21-14-6-2-4-12-5-3-8-18-15(12)14;/h2-6,8,13H,7,9-11,17H2,1H3,(H,19,20);1H/t13-;/m0./s1. The lowest BCUT2D eigenvalue weighted by molar-refractivity contribution is -0.122. The number of carbonyl (C=O) groups is 1. The van der Waals surface area contributed by atoms with E-state index in [1.165, 1.54) is 0 Å². The molecule has 0 bridgehead atoms. The van der Waals surface area contributed by atoms with Gasteiger partial charge in [0.2, 0.25) is 5.91 Å². The van der Waals surface area contributed by atoms with E-state index in [1.54, 1.807) is 18.0 Å². The number of thioether (sulfide) groups is 1. The summed E-state index contributed by atoms with van der Waals surface area (Å²) in [6.45, 7) is 0.811. The highest BCUT2D eigenvalue weighted by Gasteiger charge is 2.12. The molecule has 5 nitrogen and oxygen atoms in total. The molecule has 0 unspecified atom stereocenters. The molecule has 1 aromatic carbocycles. The van der Waals surface area contributed by atoms with Crippen molar-refractivity contribution in [1.29, 1.82) is 0 Å². The Morgan fingerprint density at radius 1 is 1.39 bits per heavy atom. The van der Waals surface area contributed by atoms with Gasteiger partial charge in [-0.2, -0.15) is 11.8 Å². The first-order chi connectivity index (χ1) is 10.7. The Hall–Kier alpha value is -1.50. The highest BCUT2D eigenvalue weighted by Crippen LogP contribution is 2.22. The van der Waals surface area contributed by atoms with Gasteiger partial charge in [-0.05, 0) is 30.6 Å². The number of nitrogens with zero attached hydrogens (tertiary/aromatic N) is 1. The molecule has 0 aliphatic carbocycles. The van der Waals surface area contributed by atoms with E-state index in [0.29, 0.717) is 19.6 Å². The highest BCUT2D eigenvalue weighted by molar-refractivity contribution is 7.98. The van der Waals surface area contributed by atoms with Crippen molar-refractivity contribution in [2.75, 3.05) is 25.2 Å². The van der Waals surface area contributed by atoms with Crippen LogP contribution in [0.1, 0.15) is 6.42 Å². The molecule has 23 heavy (non-hydrogen) atoms. The number of nitrogens with one attached hydrogen (secondary N) is 1. The number of amides is 1. The van der Waals surface area contributed by atoms with Crippen LogP contribution in [-0.2, 0) is 4.79 Å². The van der Waals surface area contributed by atoms with Gasteiger partial charge in [-0.25, -0.2) is 0 Å². The number of fused-ring (bicyclic) bond motifs is 1. The van der Waals surface area contributed by atoms with E-state index in [1.807, 2.05) is 36.6 Å². The summed E-state index contributed by atoms with van der Waals surface area (Å²) in [6, 6.07) is 9.22. The molecule has 0 saturated carbocycles. The molecule has 0 aliphatic rings. The third-order valence-electron chi connectivity index (χ3n) is 3.22. The molecule has 126 valence electrons. The molecule has 0 fully saturated rings. The van der Waals surface area contributed by atoms with E-state index in [4.69, 9.17) is 10.5 Å². The van der Waals surface area contributed by atoms with Crippen LogP contribution in [0.15, 0.2) is 36.5 Å². The Morgan fingerprint density at radius 2 is 2.17 bits per heavy atom. The maximum Gasteiger partial charge on any atom is 0.237 e. The minimum Gasteiger partial charge on any atom is -0.489 e. The molecule has 0 aliphatic heterocycles. The number of pyridine rings is 1. The smallest absolute Gasteiger partial charge is 0.237 e. The van der Waals surface area contributed by atoms with E-state index >= 15 is 0 Å². The monoisotopic (exact) mass is 355 g/mol. The average molecular weight is 356 g/mol. The molecule has 1 heterocycles. The summed E-state index contributed by atoms with van der Waals surface area (Å²) in [5.74, 6) is 1.47. The quantitative estimate of drug-likeness (QED) is 0.710. The number of carbonyl (C=O) groups excluding carboxylic acids is 1. The van der Waals surface area contributed by atoms with Crippen molar-refractivity contribution >= 4 is 41.0 Å². The predicted octanol–water partition coefficient (Wildman–Crippen LogP) is 2.23. The summed E-state index contributed by atoms with van der Waals surface area (Å²) in [5, 5.41) is 3.82. The average Bonchev–Trinajstić information content (AvgIpc) is 2.56. The molecule has 2 aromatic rings. The van der Waals surface area contributed by atoms with Crippen LogP contribution in [0.2, 0.25) is 0 Å². The molecule has 1 atom stereocenters. The Bertz CT molecular complexity index is 622. The van der Waals surface area contributed by atoms with Crippen LogP contribution in [0.25, 0.3) is 10.9 Å². The molecular weight excluding hydrogens is 334 g/mol. The van der Waals surface area contributed by atoms with Crippen LogP contribution in [0, 0.1) is 0 Å². The van der Waals surface area contributed by atoms with Gasteiger partial charge in [0, 0.05) is 11.6 Å².